The van der Waals surface area contributed by atoms with Gasteiger partial charge in [-0.05, 0) is 42.8 Å². The number of carbonyl (C=O) groups excluding carboxylic acids is 2. The fraction of sp³-hybridized carbons (Fsp3) is 0.400. The number of hydrogen-bond acceptors (Lipinski definition) is 3. The van der Waals surface area contributed by atoms with E-state index < -0.39 is 0 Å². The third-order valence-electron chi connectivity index (χ3n) is 4.57. The molecule has 26 heavy (non-hydrogen) atoms. The summed E-state index contributed by atoms with van der Waals surface area (Å²) < 4.78 is 7.23. The Morgan fingerprint density at radius 1 is 0.962 bits per heavy atom. The maximum Gasteiger partial charge on any atom is 0.409 e. The van der Waals surface area contributed by atoms with Crippen LogP contribution in [-0.2, 0) is 4.74 Å². The molecule has 2 amide bonds. The maximum atomic E-state index is 12.7. The molecule has 138 valence electrons. The van der Waals surface area contributed by atoms with Crippen LogP contribution in [0.15, 0.2) is 48.8 Å². The first-order valence-corrected chi connectivity index (χ1v) is 9.13. The average Bonchev–Trinajstić information content (AvgIpc) is 3.23. The van der Waals surface area contributed by atoms with Crippen molar-refractivity contribution in [2.24, 2.45) is 0 Å². The molecular weight excluding hydrogens is 330 g/mol. The predicted molar refractivity (Wildman–Crippen MR) is 99.5 cm³/mol. The average molecular weight is 355 g/mol. The zero-order valence-corrected chi connectivity index (χ0v) is 15.1. The summed E-state index contributed by atoms with van der Waals surface area (Å²) in [6.45, 7) is 4.60. The van der Waals surface area contributed by atoms with E-state index in [4.69, 9.17) is 4.74 Å². The van der Waals surface area contributed by atoms with Gasteiger partial charge in [-0.15, -0.1) is 0 Å². The van der Waals surface area contributed by atoms with Crippen LogP contribution in [0.2, 0.25) is 0 Å². The quantitative estimate of drug-likeness (QED) is 0.774. The highest BCUT2D eigenvalue weighted by molar-refractivity contribution is 5.94. The van der Waals surface area contributed by atoms with Crippen molar-refractivity contribution in [3.05, 3.63) is 54.4 Å². The molecule has 0 saturated carbocycles. The molecule has 1 aliphatic heterocycles. The van der Waals surface area contributed by atoms with Crippen LogP contribution in [0.25, 0.3) is 5.69 Å². The van der Waals surface area contributed by atoms with Gasteiger partial charge in [0, 0.05) is 49.8 Å². The van der Waals surface area contributed by atoms with Crippen LogP contribution in [0.3, 0.4) is 0 Å². The largest absolute Gasteiger partial charge is 0.449 e. The second kappa shape index (κ2) is 8.56. The van der Waals surface area contributed by atoms with Crippen LogP contribution >= 0.6 is 0 Å². The Morgan fingerprint density at radius 3 is 2.19 bits per heavy atom. The highest BCUT2D eigenvalue weighted by Crippen LogP contribution is 2.14. The lowest BCUT2D eigenvalue weighted by Crippen LogP contribution is -2.50. The standard InChI is InChI=1S/C20H25N3O3/c1-2-3-16-26-20(25)23-14-12-22(13-15-23)19(24)17-6-8-18(9-7-17)21-10-4-5-11-21/h4-11H,2-3,12-16H2,1H3. The molecule has 1 aliphatic rings. The highest BCUT2D eigenvalue weighted by Gasteiger charge is 2.25. The molecule has 2 heterocycles. The van der Waals surface area contributed by atoms with E-state index in [1.807, 2.05) is 53.4 Å². The van der Waals surface area contributed by atoms with Crippen molar-refractivity contribution in [1.82, 2.24) is 14.4 Å². The van der Waals surface area contributed by atoms with Gasteiger partial charge >= 0.3 is 6.09 Å². The second-order valence-corrected chi connectivity index (χ2v) is 6.38. The molecular formula is C20H25N3O3. The van der Waals surface area contributed by atoms with Crippen LogP contribution in [0.4, 0.5) is 4.79 Å². The molecule has 3 rings (SSSR count). The van der Waals surface area contributed by atoms with Crippen molar-refractivity contribution in [3.8, 4) is 5.69 Å². The fourth-order valence-electron chi connectivity index (χ4n) is 2.95. The first kappa shape index (κ1) is 18.0. The third kappa shape index (κ3) is 4.25. The smallest absolute Gasteiger partial charge is 0.409 e. The lowest BCUT2D eigenvalue weighted by Gasteiger charge is -2.34. The van der Waals surface area contributed by atoms with Crippen LogP contribution in [0.5, 0.6) is 0 Å². The van der Waals surface area contributed by atoms with Crippen molar-refractivity contribution in [1.29, 1.82) is 0 Å². The van der Waals surface area contributed by atoms with Gasteiger partial charge in [0.2, 0.25) is 0 Å². The molecule has 1 aromatic carbocycles. The third-order valence-corrected chi connectivity index (χ3v) is 4.57. The Labute approximate surface area is 154 Å². The number of benzene rings is 1. The van der Waals surface area contributed by atoms with Crippen molar-refractivity contribution in [2.75, 3.05) is 32.8 Å². The summed E-state index contributed by atoms with van der Waals surface area (Å²) in [6, 6.07) is 11.5. The number of carbonyl (C=O) groups is 2. The first-order valence-electron chi connectivity index (χ1n) is 9.13. The van der Waals surface area contributed by atoms with Crippen molar-refractivity contribution in [3.63, 3.8) is 0 Å². The maximum absolute atomic E-state index is 12.7. The molecule has 1 saturated heterocycles. The summed E-state index contributed by atoms with van der Waals surface area (Å²) in [7, 11) is 0. The zero-order chi connectivity index (χ0) is 18.4. The molecule has 0 spiro atoms. The Balaban J connectivity index is 1.53. The van der Waals surface area contributed by atoms with Gasteiger partial charge in [-0.1, -0.05) is 13.3 Å². The molecule has 0 atom stereocenters. The van der Waals surface area contributed by atoms with Gasteiger partial charge in [0.15, 0.2) is 0 Å². The molecule has 0 radical (unpaired) electrons. The molecule has 0 aliphatic carbocycles. The Kier molecular flexibility index (Phi) is 5.94. The van der Waals surface area contributed by atoms with Gasteiger partial charge < -0.3 is 19.1 Å². The van der Waals surface area contributed by atoms with Gasteiger partial charge in [0.25, 0.3) is 5.91 Å². The molecule has 1 aromatic heterocycles. The number of ether oxygens (including phenoxy) is 1. The molecule has 6 nitrogen and oxygen atoms in total. The van der Waals surface area contributed by atoms with E-state index in [0.29, 0.717) is 38.3 Å². The monoisotopic (exact) mass is 355 g/mol. The SMILES string of the molecule is CCCCOC(=O)N1CCN(C(=O)c2ccc(-n3cccc3)cc2)CC1. The van der Waals surface area contributed by atoms with Crippen LogP contribution in [0.1, 0.15) is 30.1 Å². The van der Waals surface area contributed by atoms with Gasteiger partial charge in [-0.25, -0.2) is 4.79 Å². The summed E-state index contributed by atoms with van der Waals surface area (Å²) in [5.41, 5.74) is 1.69. The van der Waals surface area contributed by atoms with Crippen molar-refractivity contribution in [2.45, 2.75) is 19.8 Å². The Hall–Kier alpha value is -2.76. The molecule has 0 bridgehead atoms. The highest BCUT2D eigenvalue weighted by atomic mass is 16.6. The van der Waals surface area contributed by atoms with Gasteiger partial charge in [0.05, 0.1) is 6.61 Å². The number of hydrogen-bond donors (Lipinski definition) is 0. The summed E-state index contributed by atoms with van der Waals surface area (Å²) in [4.78, 5) is 28.1. The summed E-state index contributed by atoms with van der Waals surface area (Å²) in [6.07, 6.45) is 5.54. The van der Waals surface area contributed by atoms with Crippen molar-refractivity contribution >= 4 is 12.0 Å². The number of amides is 2. The summed E-state index contributed by atoms with van der Waals surface area (Å²) in [5.74, 6) is 0.00283. The Morgan fingerprint density at radius 2 is 1.58 bits per heavy atom. The normalized spacial score (nSPS) is 14.3. The lowest BCUT2D eigenvalue weighted by molar-refractivity contribution is 0.0557. The lowest BCUT2D eigenvalue weighted by atomic mass is 10.1. The molecule has 6 heteroatoms. The Bertz CT molecular complexity index is 717. The van der Waals surface area contributed by atoms with E-state index in [1.54, 1.807) is 9.80 Å². The van der Waals surface area contributed by atoms with E-state index in [-0.39, 0.29) is 12.0 Å². The van der Waals surface area contributed by atoms with Gasteiger partial charge in [0.1, 0.15) is 0 Å². The zero-order valence-electron chi connectivity index (χ0n) is 15.1. The van der Waals surface area contributed by atoms with E-state index in [0.717, 1.165) is 18.5 Å². The van der Waals surface area contributed by atoms with E-state index in [9.17, 15) is 9.59 Å². The molecule has 2 aromatic rings. The topological polar surface area (TPSA) is 54.8 Å². The molecule has 1 fully saturated rings. The summed E-state index contributed by atoms with van der Waals surface area (Å²) in [5, 5.41) is 0. The number of rotatable bonds is 5. The molecule has 0 N–H and O–H groups in total. The van der Waals surface area contributed by atoms with E-state index >= 15 is 0 Å². The summed E-state index contributed by atoms with van der Waals surface area (Å²) >= 11 is 0. The number of unbranched alkanes of at least 4 members (excludes halogenated alkanes) is 1. The number of piperazine rings is 1. The van der Waals surface area contributed by atoms with Gasteiger partial charge in [-0.3, -0.25) is 4.79 Å². The van der Waals surface area contributed by atoms with Crippen LogP contribution in [0, 0.1) is 0 Å². The second-order valence-electron chi connectivity index (χ2n) is 6.38. The minimum atomic E-state index is -0.276. The van der Waals surface area contributed by atoms with Crippen LogP contribution < -0.4 is 0 Å². The first-order chi connectivity index (χ1) is 12.7. The van der Waals surface area contributed by atoms with E-state index in [1.165, 1.54) is 0 Å². The van der Waals surface area contributed by atoms with Crippen molar-refractivity contribution < 1.29 is 14.3 Å². The predicted octanol–water partition coefficient (Wildman–Crippen LogP) is 3.17. The number of aromatic nitrogens is 1. The van der Waals surface area contributed by atoms with E-state index in [2.05, 4.69) is 6.92 Å². The van der Waals surface area contributed by atoms with Crippen LogP contribution in [-0.4, -0.2) is 59.2 Å². The molecule has 0 unspecified atom stereocenters. The fourth-order valence-corrected chi connectivity index (χ4v) is 2.95. The van der Waals surface area contributed by atoms with Gasteiger partial charge in [-0.2, -0.15) is 0 Å². The number of nitrogens with zero attached hydrogens (tertiary/aromatic N) is 3. The minimum absolute atomic E-state index is 0.00283. The minimum Gasteiger partial charge on any atom is -0.449 e.